The summed E-state index contributed by atoms with van der Waals surface area (Å²) in [6.45, 7) is 0. The minimum absolute atomic E-state index is 0.882. The van der Waals surface area contributed by atoms with Gasteiger partial charge in [-0.05, 0) is 91.3 Å². The molecule has 1 heterocycles. The van der Waals surface area contributed by atoms with Gasteiger partial charge in [-0.3, -0.25) is 0 Å². The first-order valence-corrected chi connectivity index (χ1v) is 16.4. The summed E-state index contributed by atoms with van der Waals surface area (Å²) in [6, 6.07) is 63.2. The molecule has 0 radical (unpaired) electrons. The maximum absolute atomic E-state index is 6.57. The number of hydrogen-bond acceptors (Lipinski definition) is 2. The molecule has 224 valence electrons. The van der Waals surface area contributed by atoms with Crippen LogP contribution >= 0.6 is 0 Å². The minimum atomic E-state index is 0.882. The van der Waals surface area contributed by atoms with Gasteiger partial charge >= 0.3 is 0 Å². The first-order valence-electron chi connectivity index (χ1n) is 16.4. The molecule has 10 rings (SSSR count). The smallest absolute Gasteiger partial charge is 0.143 e. The highest BCUT2D eigenvalue weighted by molar-refractivity contribution is 6.20. The van der Waals surface area contributed by atoms with Crippen LogP contribution in [0.25, 0.3) is 76.2 Å². The number of para-hydroxylation sites is 1. The fourth-order valence-corrected chi connectivity index (χ4v) is 7.62. The molecule has 0 aliphatic heterocycles. The molecule has 0 N–H and O–H groups in total. The summed E-state index contributed by atoms with van der Waals surface area (Å²) >= 11 is 0. The summed E-state index contributed by atoms with van der Waals surface area (Å²) in [7, 11) is 0. The molecule has 0 spiro atoms. The van der Waals surface area contributed by atoms with E-state index < -0.39 is 0 Å². The lowest BCUT2D eigenvalue weighted by molar-refractivity contribution is 0.672. The molecule has 48 heavy (non-hydrogen) atoms. The van der Waals surface area contributed by atoms with Crippen molar-refractivity contribution in [2.75, 3.05) is 4.90 Å². The van der Waals surface area contributed by atoms with Crippen LogP contribution < -0.4 is 4.90 Å². The Morgan fingerprint density at radius 3 is 1.77 bits per heavy atom. The Balaban J connectivity index is 1.13. The molecule has 0 saturated heterocycles. The van der Waals surface area contributed by atoms with Crippen molar-refractivity contribution in [1.82, 2.24) is 0 Å². The number of benzene rings is 9. The van der Waals surface area contributed by atoms with E-state index in [-0.39, 0.29) is 0 Å². The third-order valence-electron chi connectivity index (χ3n) is 9.84. The predicted molar refractivity (Wildman–Crippen MR) is 204 cm³/mol. The lowest BCUT2D eigenvalue weighted by Gasteiger charge is -2.26. The van der Waals surface area contributed by atoms with Crippen LogP contribution in [0.1, 0.15) is 0 Å². The number of anilines is 3. The lowest BCUT2D eigenvalue weighted by Crippen LogP contribution is -2.10. The number of furan rings is 1. The Kier molecular flexibility index (Phi) is 5.91. The third kappa shape index (κ3) is 4.06. The summed E-state index contributed by atoms with van der Waals surface area (Å²) in [5, 5.41) is 12.2. The van der Waals surface area contributed by atoms with Crippen LogP contribution in [0.2, 0.25) is 0 Å². The summed E-state index contributed by atoms with van der Waals surface area (Å²) < 4.78 is 6.57. The summed E-state index contributed by atoms with van der Waals surface area (Å²) in [5.74, 6) is 0. The summed E-state index contributed by atoms with van der Waals surface area (Å²) in [6.07, 6.45) is 0. The fourth-order valence-electron chi connectivity index (χ4n) is 7.62. The highest BCUT2D eigenvalue weighted by Gasteiger charge is 2.20. The molecule has 2 nitrogen and oxygen atoms in total. The topological polar surface area (TPSA) is 16.4 Å². The van der Waals surface area contributed by atoms with Crippen molar-refractivity contribution < 1.29 is 4.42 Å². The highest BCUT2D eigenvalue weighted by atomic mass is 16.3. The van der Waals surface area contributed by atoms with E-state index in [2.05, 4.69) is 181 Å². The number of nitrogens with zero attached hydrogens (tertiary/aromatic N) is 1. The van der Waals surface area contributed by atoms with Crippen molar-refractivity contribution in [3.8, 4) is 11.1 Å². The maximum atomic E-state index is 6.57. The van der Waals surface area contributed by atoms with Gasteiger partial charge in [0.05, 0.1) is 11.1 Å². The molecular weight excluding hydrogens is 583 g/mol. The summed E-state index contributed by atoms with van der Waals surface area (Å²) in [4.78, 5) is 2.35. The Morgan fingerprint density at radius 1 is 0.354 bits per heavy atom. The van der Waals surface area contributed by atoms with Gasteiger partial charge in [-0.1, -0.05) is 133 Å². The Morgan fingerprint density at radius 2 is 0.938 bits per heavy atom. The largest absolute Gasteiger partial charge is 0.455 e. The minimum Gasteiger partial charge on any atom is -0.455 e. The van der Waals surface area contributed by atoms with Crippen LogP contribution in [-0.4, -0.2) is 0 Å². The van der Waals surface area contributed by atoms with E-state index in [1.807, 2.05) is 0 Å². The van der Waals surface area contributed by atoms with E-state index in [9.17, 15) is 0 Å². The van der Waals surface area contributed by atoms with E-state index in [4.69, 9.17) is 4.42 Å². The van der Waals surface area contributed by atoms with E-state index in [0.717, 1.165) is 44.4 Å². The molecule has 0 bridgehead atoms. The average molecular weight is 612 g/mol. The first-order chi connectivity index (χ1) is 23.8. The standard InChI is InChI=1S/C46H29NO/c1-2-12-33(13-3-1)47(43-18-9-19-44-45(43)42-27-23-31-11-5-7-15-37(31)46(42)48-44)34-24-20-32(21-25-34)36-16-8-17-38-39(36)28-29-40-35-14-6-4-10-30(35)22-26-41(38)40/h1-29H. The molecule has 0 aliphatic rings. The second-order valence-electron chi connectivity index (χ2n) is 12.5. The van der Waals surface area contributed by atoms with Gasteiger partial charge in [0.1, 0.15) is 11.2 Å². The Labute approximate surface area is 277 Å². The molecule has 0 atom stereocenters. The zero-order valence-corrected chi connectivity index (χ0v) is 26.1. The molecule has 0 fully saturated rings. The molecule has 0 amide bonds. The second-order valence-corrected chi connectivity index (χ2v) is 12.5. The van der Waals surface area contributed by atoms with Gasteiger partial charge in [0, 0.05) is 22.1 Å². The molecule has 9 aromatic carbocycles. The molecule has 10 aromatic rings. The Bertz CT molecular complexity index is 2830. The van der Waals surface area contributed by atoms with E-state index in [1.165, 1.54) is 48.8 Å². The van der Waals surface area contributed by atoms with Crippen molar-refractivity contribution in [2.24, 2.45) is 0 Å². The van der Waals surface area contributed by atoms with Gasteiger partial charge in [-0.25, -0.2) is 0 Å². The molecular formula is C46H29NO. The van der Waals surface area contributed by atoms with Gasteiger partial charge in [-0.2, -0.15) is 0 Å². The first kappa shape index (κ1) is 26.8. The molecule has 1 aromatic heterocycles. The van der Waals surface area contributed by atoms with Crippen molar-refractivity contribution >= 4 is 82.1 Å². The lowest BCUT2D eigenvalue weighted by atomic mass is 9.92. The second kappa shape index (κ2) is 10.6. The SMILES string of the molecule is c1ccc(N(c2ccc(-c3cccc4c3ccc3c5ccccc5ccc43)cc2)c2cccc3oc4c5ccccc5ccc4c23)cc1. The van der Waals surface area contributed by atoms with Crippen molar-refractivity contribution in [3.05, 3.63) is 176 Å². The summed E-state index contributed by atoms with van der Waals surface area (Å²) in [5.41, 5.74) is 7.50. The van der Waals surface area contributed by atoms with Gasteiger partial charge in [0.25, 0.3) is 0 Å². The van der Waals surface area contributed by atoms with Gasteiger partial charge in [0.15, 0.2) is 0 Å². The van der Waals surface area contributed by atoms with E-state index >= 15 is 0 Å². The molecule has 0 saturated carbocycles. The number of fused-ring (bicyclic) bond motifs is 10. The van der Waals surface area contributed by atoms with Gasteiger partial charge in [-0.15, -0.1) is 0 Å². The zero-order chi connectivity index (χ0) is 31.6. The Hall–Kier alpha value is -6.38. The number of hydrogen-bond donors (Lipinski definition) is 0. The maximum Gasteiger partial charge on any atom is 0.143 e. The van der Waals surface area contributed by atoms with Crippen LogP contribution in [0.4, 0.5) is 17.1 Å². The van der Waals surface area contributed by atoms with Crippen LogP contribution in [0, 0.1) is 0 Å². The zero-order valence-electron chi connectivity index (χ0n) is 26.1. The van der Waals surface area contributed by atoms with Gasteiger partial charge < -0.3 is 9.32 Å². The van der Waals surface area contributed by atoms with Crippen molar-refractivity contribution in [3.63, 3.8) is 0 Å². The van der Waals surface area contributed by atoms with E-state index in [0.29, 0.717) is 0 Å². The average Bonchev–Trinajstić information content (AvgIpc) is 3.55. The predicted octanol–water partition coefficient (Wildman–Crippen LogP) is 13.3. The van der Waals surface area contributed by atoms with Crippen LogP contribution in [-0.2, 0) is 0 Å². The third-order valence-corrected chi connectivity index (χ3v) is 9.84. The molecule has 0 aliphatic carbocycles. The van der Waals surface area contributed by atoms with Crippen LogP contribution in [0.3, 0.4) is 0 Å². The van der Waals surface area contributed by atoms with Crippen LogP contribution in [0.15, 0.2) is 180 Å². The molecule has 0 unspecified atom stereocenters. The van der Waals surface area contributed by atoms with Crippen molar-refractivity contribution in [1.29, 1.82) is 0 Å². The highest BCUT2D eigenvalue weighted by Crippen LogP contribution is 2.45. The van der Waals surface area contributed by atoms with E-state index in [1.54, 1.807) is 0 Å². The normalized spacial score (nSPS) is 11.8. The molecule has 2 heteroatoms. The van der Waals surface area contributed by atoms with Crippen LogP contribution in [0.5, 0.6) is 0 Å². The quantitative estimate of drug-likeness (QED) is 0.184. The van der Waals surface area contributed by atoms with Crippen molar-refractivity contribution in [2.45, 2.75) is 0 Å². The fraction of sp³-hybridized carbons (Fsp3) is 0. The van der Waals surface area contributed by atoms with Gasteiger partial charge in [0.2, 0.25) is 0 Å². The number of rotatable bonds is 4. The monoisotopic (exact) mass is 611 g/mol.